The molecule has 90 valence electrons. The van der Waals surface area contributed by atoms with E-state index in [0.29, 0.717) is 5.16 Å². The molecule has 0 spiro atoms. The third-order valence-corrected chi connectivity index (χ3v) is 3.28. The summed E-state index contributed by atoms with van der Waals surface area (Å²) in [6.07, 6.45) is 3.74. The Morgan fingerprint density at radius 2 is 2.31 bits per heavy atom. The zero-order valence-electron chi connectivity index (χ0n) is 9.80. The number of carboxylic acids is 1. The first-order valence-corrected chi connectivity index (χ1v) is 6.21. The molecule has 0 saturated heterocycles. The lowest BCUT2D eigenvalue weighted by Crippen LogP contribution is -2.26. The van der Waals surface area contributed by atoms with Crippen LogP contribution in [0.5, 0.6) is 0 Å². The molecule has 0 saturated carbocycles. The molecule has 5 nitrogen and oxygen atoms in total. The van der Waals surface area contributed by atoms with Crippen molar-refractivity contribution in [1.82, 2.24) is 14.8 Å². The van der Waals surface area contributed by atoms with Gasteiger partial charge in [-0.3, -0.25) is 4.79 Å². The zero-order chi connectivity index (χ0) is 12.2. The number of thioether (sulfide) groups is 1. The first kappa shape index (κ1) is 13.0. The summed E-state index contributed by atoms with van der Waals surface area (Å²) < 4.78 is 1.95. The second-order valence-corrected chi connectivity index (χ2v) is 5.17. The van der Waals surface area contributed by atoms with Gasteiger partial charge in [-0.15, -0.1) is 10.2 Å². The van der Waals surface area contributed by atoms with Crippen LogP contribution in [0.25, 0.3) is 0 Å². The molecule has 16 heavy (non-hydrogen) atoms. The Morgan fingerprint density at radius 3 is 2.88 bits per heavy atom. The fourth-order valence-electron chi connectivity index (χ4n) is 1.60. The molecule has 1 aromatic rings. The molecule has 0 unspecified atom stereocenters. The number of aromatic nitrogens is 3. The number of hydrogen-bond donors (Lipinski definition) is 1. The van der Waals surface area contributed by atoms with E-state index in [2.05, 4.69) is 31.0 Å². The predicted octanol–water partition coefficient (Wildman–Crippen LogP) is 1.99. The van der Waals surface area contributed by atoms with E-state index in [1.165, 1.54) is 11.8 Å². The lowest BCUT2D eigenvalue weighted by atomic mass is 9.99. The first-order valence-electron chi connectivity index (χ1n) is 5.22. The van der Waals surface area contributed by atoms with Crippen LogP contribution in [-0.2, 0) is 10.3 Å². The monoisotopic (exact) mass is 243 g/mol. The van der Waals surface area contributed by atoms with Crippen molar-refractivity contribution in [3.8, 4) is 0 Å². The molecular weight excluding hydrogens is 226 g/mol. The van der Waals surface area contributed by atoms with Crippen molar-refractivity contribution in [2.24, 2.45) is 0 Å². The van der Waals surface area contributed by atoms with Gasteiger partial charge < -0.3 is 9.67 Å². The summed E-state index contributed by atoms with van der Waals surface area (Å²) in [4.78, 5) is 10.5. The number of rotatable bonds is 6. The van der Waals surface area contributed by atoms with Crippen LogP contribution in [0.15, 0.2) is 11.5 Å². The minimum absolute atomic E-state index is 0.0148. The maximum Gasteiger partial charge on any atom is 0.313 e. The molecule has 0 atom stereocenters. The van der Waals surface area contributed by atoms with Crippen molar-refractivity contribution in [2.75, 3.05) is 5.75 Å². The Kier molecular flexibility index (Phi) is 4.35. The van der Waals surface area contributed by atoms with Crippen molar-refractivity contribution in [2.45, 2.75) is 44.3 Å². The number of carboxylic acid groups (broad SMARTS) is 1. The van der Waals surface area contributed by atoms with E-state index in [0.717, 1.165) is 12.8 Å². The van der Waals surface area contributed by atoms with Gasteiger partial charge in [-0.1, -0.05) is 25.1 Å². The SMILES string of the molecule is CCCC(C)(C)n1cnnc1SCC(=O)O. The highest BCUT2D eigenvalue weighted by atomic mass is 32.2. The highest BCUT2D eigenvalue weighted by Gasteiger charge is 2.22. The molecule has 1 aromatic heterocycles. The Balaban J connectivity index is 2.80. The molecule has 1 rings (SSSR count). The number of hydrogen-bond acceptors (Lipinski definition) is 4. The van der Waals surface area contributed by atoms with Gasteiger partial charge in [0, 0.05) is 5.54 Å². The van der Waals surface area contributed by atoms with Crippen molar-refractivity contribution < 1.29 is 9.90 Å². The number of aliphatic carboxylic acids is 1. The number of carbonyl (C=O) groups is 1. The molecule has 6 heteroatoms. The fraction of sp³-hybridized carbons (Fsp3) is 0.700. The van der Waals surface area contributed by atoms with Crippen molar-refractivity contribution in [3.05, 3.63) is 6.33 Å². The Bertz CT molecular complexity index is 363. The van der Waals surface area contributed by atoms with E-state index in [1.807, 2.05) is 4.57 Å². The Labute approximate surface area is 99.3 Å². The largest absolute Gasteiger partial charge is 0.481 e. The summed E-state index contributed by atoms with van der Waals surface area (Å²) in [7, 11) is 0. The van der Waals surface area contributed by atoms with Crippen LogP contribution in [0.4, 0.5) is 0 Å². The van der Waals surface area contributed by atoms with E-state index >= 15 is 0 Å². The summed E-state index contributed by atoms with van der Waals surface area (Å²) >= 11 is 1.20. The maximum absolute atomic E-state index is 10.5. The van der Waals surface area contributed by atoms with Gasteiger partial charge in [-0.25, -0.2) is 0 Å². The average molecular weight is 243 g/mol. The molecule has 0 bridgehead atoms. The van der Waals surface area contributed by atoms with Gasteiger partial charge in [0.1, 0.15) is 6.33 Å². The standard InChI is InChI=1S/C10H17N3O2S/c1-4-5-10(2,3)13-7-11-12-9(13)16-6-8(14)15/h7H,4-6H2,1-3H3,(H,14,15). The molecule has 0 amide bonds. The minimum atomic E-state index is -0.840. The second kappa shape index (κ2) is 5.34. The summed E-state index contributed by atoms with van der Waals surface area (Å²) in [5.74, 6) is -0.825. The van der Waals surface area contributed by atoms with Gasteiger partial charge in [0.05, 0.1) is 5.75 Å². The third kappa shape index (κ3) is 3.23. The smallest absolute Gasteiger partial charge is 0.313 e. The van der Waals surface area contributed by atoms with Crippen molar-refractivity contribution in [1.29, 1.82) is 0 Å². The molecular formula is C10H17N3O2S. The average Bonchev–Trinajstić information content (AvgIpc) is 2.62. The van der Waals surface area contributed by atoms with Gasteiger partial charge in [-0.2, -0.15) is 0 Å². The van der Waals surface area contributed by atoms with Crippen LogP contribution in [0.2, 0.25) is 0 Å². The van der Waals surface area contributed by atoms with Gasteiger partial charge in [0.25, 0.3) is 0 Å². The van der Waals surface area contributed by atoms with Crippen molar-refractivity contribution >= 4 is 17.7 Å². The minimum Gasteiger partial charge on any atom is -0.481 e. The van der Waals surface area contributed by atoms with Gasteiger partial charge >= 0.3 is 5.97 Å². The predicted molar refractivity (Wildman–Crippen MR) is 62.6 cm³/mol. The summed E-state index contributed by atoms with van der Waals surface area (Å²) in [5, 5.41) is 17.1. The highest BCUT2D eigenvalue weighted by Crippen LogP contribution is 2.26. The summed E-state index contributed by atoms with van der Waals surface area (Å²) in [5.41, 5.74) is -0.0704. The van der Waals surface area contributed by atoms with E-state index in [9.17, 15) is 4.79 Å². The van der Waals surface area contributed by atoms with Crippen LogP contribution in [0.1, 0.15) is 33.6 Å². The fourth-order valence-corrected chi connectivity index (χ4v) is 2.39. The van der Waals surface area contributed by atoms with Gasteiger partial charge in [-0.05, 0) is 20.3 Å². The first-order chi connectivity index (χ1) is 7.47. The third-order valence-electron chi connectivity index (χ3n) is 2.36. The topological polar surface area (TPSA) is 68.0 Å². The molecule has 0 aliphatic carbocycles. The van der Waals surface area contributed by atoms with Crippen LogP contribution < -0.4 is 0 Å². The van der Waals surface area contributed by atoms with Crippen LogP contribution in [0, 0.1) is 0 Å². The molecule has 1 N–H and O–H groups in total. The van der Waals surface area contributed by atoms with E-state index in [-0.39, 0.29) is 11.3 Å². The van der Waals surface area contributed by atoms with Crippen LogP contribution in [0.3, 0.4) is 0 Å². The zero-order valence-corrected chi connectivity index (χ0v) is 10.6. The molecule has 0 fully saturated rings. The van der Waals surface area contributed by atoms with E-state index in [1.54, 1.807) is 6.33 Å². The quantitative estimate of drug-likeness (QED) is 0.774. The van der Waals surface area contributed by atoms with E-state index in [4.69, 9.17) is 5.11 Å². The number of nitrogens with zero attached hydrogens (tertiary/aromatic N) is 3. The van der Waals surface area contributed by atoms with Crippen LogP contribution >= 0.6 is 11.8 Å². The molecule has 0 aliphatic heterocycles. The van der Waals surface area contributed by atoms with Crippen molar-refractivity contribution in [3.63, 3.8) is 0 Å². The summed E-state index contributed by atoms with van der Waals surface area (Å²) in [6.45, 7) is 6.32. The molecule has 0 radical (unpaired) electrons. The normalized spacial score (nSPS) is 11.7. The Morgan fingerprint density at radius 1 is 1.62 bits per heavy atom. The lowest BCUT2D eigenvalue weighted by molar-refractivity contribution is -0.133. The van der Waals surface area contributed by atoms with Gasteiger partial charge in [0.2, 0.25) is 0 Å². The lowest BCUT2D eigenvalue weighted by Gasteiger charge is -2.26. The summed E-state index contributed by atoms with van der Waals surface area (Å²) in [6, 6.07) is 0. The molecule has 1 heterocycles. The van der Waals surface area contributed by atoms with Crippen LogP contribution in [-0.4, -0.2) is 31.6 Å². The molecule has 0 aromatic carbocycles. The van der Waals surface area contributed by atoms with E-state index < -0.39 is 5.97 Å². The molecule has 0 aliphatic rings. The Hall–Kier alpha value is -1.04. The maximum atomic E-state index is 10.5. The van der Waals surface area contributed by atoms with Gasteiger partial charge in [0.15, 0.2) is 5.16 Å². The second-order valence-electron chi connectivity index (χ2n) is 4.23. The highest BCUT2D eigenvalue weighted by molar-refractivity contribution is 7.99.